The first-order chi connectivity index (χ1) is 13.8. The maximum Gasteiger partial charge on any atom is 0.129 e. The lowest BCUT2D eigenvalue weighted by atomic mass is 10.2. The largest absolute Gasteiger partial charge is 0.497 e. The van der Waals surface area contributed by atoms with Gasteiger partial charge in [0.1, 0.15) is 16.5 Å². The van der Waals surface area contributed by atoms with Gasteiger partial charge in [-0.05, 0) is 36.4 Å². The van der Waals surface area contributed by atoms with Crippen LogP contribution in [0.2, 0.25) is 0 Å². The molecule has 146 valence electrons. The minimum absolute atomic E-state index is 0.872. The topological polar surface area (TPSA) is 37.8 Å². The summed E-state index contributed by atoms with van der Waals surface area (Å²) in [5.41, 5.74) is 3.45. The molecule has 4 rings (SSSR count). The zero-order chi connectivity index (χ0) is 19.3. The molecule has 3 aromatic rings. The molecule has 0 aliphatic carbocycles. The third kappa shape index (κ3) is 4.13. The maximum atomic E-state index is 5.47. The molecule has 2 aromatic carbocycles. The van der Waals surface area contributed by atoms with Crippen molar-refractivity contribution in [1.29, 1.82) is 0 Å². The predicted molar refractivity (Wildman–Crippen MR) is 115 cm³/mol. The number of anilines is 1. The summed E-state index contributed by atoms with van der Waals surface area (Å²) in [7, 11) is 3.40. The van der Waals surface area contributed by atoms with Crippen LogP contribution < -0.4 is 14.4 Å². The van der Waals surface area contributed by atoms with Gasteiger partial charge in [-0.2, -0.15) is 0 Å². The summed E-state index contributed by atoms with van der Waals surface area (Å²) in [4.78, 5) is 9.75. The van der Waals surface area contributed by atoms with Gasteiger partial charge in [0.05, 0.1) is 25.5 Å². The van der Waals surface area contributed by atoms with Gasteiger partial charge in [-0.3, -0.25) is 4.90 Å². The Kier molecular flexibility index (Phi) is 5.78. The van der Waals surface area contributed by atoms with E-state index in [0.29, 0.717) is 0 Å². The SMILES string of the molecule is COc1ccc(N2CCN(Cc3csc(-c4ccccc4OC)n3)CC2)cc1. The van der Waals surface area contributed by atoms with Gasteiger partial charge in [-0.25, -0.2) is 4.98 Å². The second-order valence-electron chi connectivity index (χ2n) is 6.81. The van der Waals surface area contributed by atoms with Gasteiger partial charge in [0, 0.05) is 43.8 Å². The van der Waals surface area contributed by atoms with E-state index >= 15 is 0 Å². The van der Waals surface area contributed by atoms with Gasteiger partial charge in [0.2, 0.25) is 0 Å². The Balaban J connectivity index is 1.35. The Labute approximate surface area is 170 Å². The lowest BCUT2D eigenvalue weighted by molar-refractivity contribution is 0.247. The van der Waals surface area contributed by atoms with Gasteiger partial charge in [0.15, 0.2) is 0 Å². The highest BCUT2D eigenvalue weighted by atomic mass is 32.1. The second kappa shape index (κ2) is 8.63. The average molecular weight is 396 g/mol. The molecule has 0 N–H and O–H groups in total. The van der Waals surface area contributed by atoms with Crippen LogP contribution in [0.25, 0.3) is 10.6 Å². The van der Waals surface area contributed by atoms with Gasteiger partial charge in [0.25, 0.3) is 0 Å². The highest BCUT2D eigenvalue weighted by Gasteiger charge is 2.19. The predicted octanol–water partition coefficient (Wildman–Crippen LogP) is 4.15. The van der Waals surface area contributed by atoms with Crippen LogP contribution in [0.15, 0.2) is 53.9 Å². The van der Waals surface area contributed by atoms with Crippen molar-refractivity contribution in [3.05, 3.63) is 59.6 Å². The fraction of sp³-hybridized carbons (Fsp3) is 0.318. The van der Waals surface area contributed by atoms with Crippen LogP contribution in [0.3, 0.4) is 0 Å². The van der Waals surface area contributed by atoms with Crippen molar-refractivity contribution in [3.8, 4) is 22.1 Å². The molecule has 0 amide bonds. The van der Waals surface area contributed by atoms with Crippen molar-refractivity contribution in [2.75, 3.05) is 45.3 Å². The van der Waals surface area contributed by atoms with Crippen LogP contribution >= 0.6 is 11.3 Å². The molecule has 1 aliphatic rings. The van der Waals surface area contributed by atoms with E-state index in [0.717, 1.165) is 60.5 Å². The molecule has 0 atom stereocenters. The Hall–Kier alpha value is -2.57. The van der Waals surface area contributed by atoms with Gasteiger partial charge >= 0.3 is 0 Å². The third-order valence-corrected chi connectivity index (χ3v) is 6.01. The number of aromatic nitrogens is 1. The lowest BCUT2D eigenvalue weighted by Gasteiger charge is -2.35. The fourth-order valence-electron chi connectivity index (χ4n) is 3.51. The number of ether oxygens (including phenoxy) is 2. The molecule has 2 heterocycles. The number of hydrogen-bond donors (Lipinski definition) is 0. The first-order valence-corrected chi connectivity index (χ1v) is 10.3. The second-order valence-corrected chi connectivity index (χ2v) is 7.66. The number of methoxy groups -OCH3 is 2. The number of hydrogen-bond acceptors (Lipinski definition) is 6. The number of thiazole rings is 1. The smallest absolute Gasteiger partial charge is 0.129 e. The molecular weight excluding hydrogens is 370 g/mol. The molecule has 5 nitrogen and oxygen atoms in total. The van der Waals surface area contributed by atoms with E-state index in [2.05, 4.69) is 33.4 Å². The van der Waals surface area contributed by atoms with Crippen molar-refractivity contribution >= 4 is 17.0 Å². The van der Waals surface area contributed by atoms with Crippen LogP contribution in [0.1, 0.15) is 5.69 Å². The molecule has 0 saturated carbocycles. The van der Waals surface area contributed by atoms with E-state index in [1.54, 1.807) is 25.6 Å². The maximum absolute atomic E-state index is 5.47. The monoisotopic (exact) mass is 395 g/mol. The first-order valence-electron chi connectivity index (χ1n) is 9.46. The zero-order valence-electron chi connectivity index (χ0n) is 16.3. The fourth-order valence-corrected chi connectivity index (χ4v) is 4.35. The van der Waals surface area contributed by atoms with E-state index in [1.165, 1.54) is 5.69 Å². The van der Waals surface area contributed by atoms with Crippen LogP contribution in [0.5, 0.6) is 11.5 Å². The minimum Gasteiger partial charge on any atom is -0.497 e. The standard InChI is InChI=1S/C22H25N3O2S/c1-26-19-9-7-18(8-10-19)25-13-11-24(12-14-25)15-17-16-28-22(23-17)20-5-3-4-6-21(20)27-2/h3-10,16H,11-15H2,1-2H3. The van der Waals surface area contributed by atoms with Crippen molar-refractivity contribution in [3.63, 3.8) is 0 Å². The summed E-state index contributed by atoms with van der Waals surface area (Å²) in [5.74, 6) is 1.77. The Morgan fingerprint density at radius 3 is 2.39 bits per heavy atom. The summed E-state index contributed by atoms with van der Waals surface area (Å²) in [5, 5.41) is 3.18. The molecule has 0 spiro atoms. The number of nitrogens with zero attached hydrogens (tertiary/aromatic N) is 3. The molecule has 1 saturated heterocycles. The Morgan fingerprint density at radius 2 is 1.68 bits per heavy atom. The summed E-state index contributed by atoms with van der Waals surface area (Å²) in [6.07, 6.45) is 0. The molecular formula is C22H25N3O2S. The van der Waals surface area contributed by atoms with Crippen LogP contribution in [-0.2, 0) is 6.54 Å². The van der Waals surface area contributed by atoms with Crippen LogP contribution in [0, 0.1) is 0 Å². The highest BCUT2D eigenvalue weighted by molar-refractivity contribution is 7.13. The third-order valence-electron chi connectivity index (χ3n) is 5.08. The van der Waals surface area contributed by atoms with E-state index in [1.807, 2.05) is 30.3 Å². The van der Waals surface area contributed by atoms with E-state index in [4.69, 9.17) is 14.5 Å². The van der Waals surface area contributed by atoms with Crippen LogP contribution in [0.4, 0.5) is 5.69 Å². The van der Waals surface area contributed by atoms with Crippen molar-refractivity contribution in [1.82, 2.24) is 9.88 Å². The molecule has 0 bridgehead atoms. The number of para-hydroxylation sites is 1. The zero-order valence-corrected chi connectivity index (χ0v) is 17.1. The normalized spacial score (nSPS) is 14.9. The number of rotatable bonds is 6. The highest BCUT2D eigenvalue weighted by Crippen LogP contribution is 2.32. The number of benzene rings is 2. The number of piperazine rings is 1. The van der Waals surface area contributed by atoms with Crippen molar-refractivity contribution in [2.45, 2.75) is 6.54 Å². The Morgan fingerprint density at radius 1 is 0.929 bits per heavy atom. The molecule has 1 aliphatic heterocycles. The van der Waals surface area contributed by atoms with E-state index in [9.17, 15) is 0 Å². The van der Waals surface area contributed by atoms with E-state index in [-0.39, 0.29) is 0 Å². The summed E-state index contributed by atoms with van der Waals surface area (Å²) >= 11 is 1.68. The minimum atomic E-state index is 0.872. The molecule has 1 aromatic heterocycles. The van der Waals surface area contributed by atoms with Crippen LogP contribution in [-0.4, -0.2) is 50.3 Å². The first kappa shape index (κ1) is 18.8. The summed E-state index contributed by atoms with van der Waals surface area (Å²) in [6.45, 7) is 5.01. The summed E-state index contributed by atoms with van der Waals surface area (Å²) < 4.78 is 10.7. The molecule has 6 heteroatoms. The van der Waals surface area contributed by atoms with Gasteiger partial charge in [-0.1, -0.05) is 12.1 Å². The van der Waals surface area contributed by atoms with Crippen molar-refractivity contribution < 1.29 is 9.47 Å². The lowest BCUT2D eigenvalue weighted by Crippen LogP contribution is -2.46. The average Bonchev–Trinajstić information content (AvgIpc) is 3.22. The van der Waals surface area contributed by atoms with Gasteiger partial charge in [-0.15, -0.1) is 11.3 Å². The molecule has 0 radical (unpaired) electrons. The van der Waals surface area contributed by atoms with Gasteiger partial charge < -0.3 is 14.4 Å². The summed E-state index contributed by atoms with van der Waals surface area (Å²) in [6, 6.07) is 16.4. The Bertz CT molecular complexity index is 902. The molecule has 28 heavy (non-hydrogen) atoms. The molecule has 1 fully saturated rings. The van der Waals surface area contributed by atoms with E-state index < -0.39 is 0 Å². The molecule has 0 unspecified atom stereocenters. The van der Waals surface area contributed by atoms with Crippen molar-refractivity contribution in [2.24, 2.45) is 0 Å². The quantitative estimate of drug-likeness (QED) is 0.627.